The third-order valence-electron chi connectivity index (χ3n) is 12.8. The Kier molecular flexibility index (Phi) is 12.5. The summed E-state index contributed by atoms with van der Waals surface area (Å²) in [6, 6.07) is 83.5. The van der Waals surface area contributed by atoms with Gasteiger partial charge in [0.05, 0.1) is 5.52 Å². The summed E-state index contributed by atoms with van der Waals surface area (Å²) >= 11 is 0. The second-order valence-electron chi connectivity index (χ2n) is 17.2. The number of hydrogen-bond donors (Lipinski definition) is 0. The second kappa shape index (κ2) is 18.8. The average Bonchev–Trinajstić information content (AvgIpc) is 3.60. The van der Waals surface area contributed by atoms with Gasteiger partial charge in [-0.2, -0.15) is 0 Å². The number of para-hydroxylation sites is 1. The van der Waals surface area contributed by atoms with Crippen LogP contribution in [0.5, 0.6) is 0 Å². The van der Waals surface area contributed by atoms with Crippen LogP contribution in [0.25, 0.3) is 44.5 Å². The molecule has 2 heterocycles. The Balaban J connectivity index is 0.000000209. The van der Waals surface area contributed by atoms with Gasteiger partial charge in [-0.05, 0) is 54.6 Å². The molecular formula is C61H46IrN2OSi-2. The van der Waals surface area contributed by atoms with E-state index in [0.29, 0.717) is 11.1 Å². The van der Waals surface area contributed by atoms with Crippen molar-refractivity contribution in [1.82, 2.24) is 9.97 Å². The summed E-state index contributed by atoms with van der Waals surface area (Å²) in [5, 5.41) is 6.73. The maximum Gasteiger partial charge on any atom is 0.194 e. The minimum atomic E-state index is -2.62. The van der Waals surface area contributed by atoms with Crippen molar-refractivity contribution in [3.05, 3.63) is 265 Å². The Morgan fingerprint density at radius 1 is 0.500 bits per heavy atom. The predicted octanol–water partition coefficient (Wildman–Crippen LogP) is 11.5. The van der Waals surface area contributed by atoms with Gasteiger partial charge in [-0.15, -0.1) is 64.7 Å². The molecule has 321 valence electrons. The van der Waals surface area contributed by atoms with E-state index in [1.807, 2.05) is 73.7 Å². The van der Waals surface area contributed by atoms with Crippen LogP contribution >= 0.6 is 0 Å². The van der Waals surface area contributed by atoms with E-state index < -0.39 is 8.07 Å². The van der Waals surface area contributed by atoms with Gasteiger partial charge in [0.2, 0.25) is 0 Å². The number of rotatable bonds is 8. The van der Waals surface area contributed by atoms with E-state index >= 15 is 0 Å². The number of fused-ring (bicyclic) bond motifs is 4. The van der Waals surface area contributed by atoms with Gasteiger partial charge in [0.15, 0.2) is 13.9 Å². The average molecular weight is 1040 g/mol. The third-order valence-corrected chi connectivity index (χ3v) is 17.6. The summed E-state index contributed by atoms with van der Waals surface area (Å²) in [7, 11) is -2.62. The largest absolute Gasteiger partial charge is 0.304 e. The smallest absolute Gasteiger partial charge is 0.194 e. The molecule has 8 aromatic carbocycles. The van der Waals surface area contributed by atoms with Crippen LogP contribution in [0.2, 0.25) is 0 Å². The van der Waals surface area contributed by atoms with Crippen LogP contribution in [0, 0.1) is 19.1 Å². The Morgan fingerprint density at radius 3 is 1.68 bits per heavy atom. The minimum Gasteiger partial charge on any atom is -0.304 e. The van der Waals surface area contributed by atoms with Crippen molar-refractivity contribution in [2.75, 3.05) is 0 Å². The molecule has 0 aliphatic heterocycles. The molecule has 11 rings (SSSR count). The number of hydrogen-bond acceptors (Lipinski definition) is 3. The molecule has 0 saturated carbocycles. The molecule has 0 atom stereocenters. The quantitative estimate of drug-likeness (QED) is 0.0659. The molecular weight excluding hydrogens is 997 g/mol. The summed E-state index contributed by atoms with van der Waals surface area (Å²) in [6.45, 7) is 6.76. The predicted molar refractivity (Wildman–Crippen MR) is 270 cm³/mol. The van der Waals surface area contributed by atoms with Gasteiger partial charge in [-0.25, -0.2) is 0 Å². The van der Waals surface area contributed by atoms with E-state index in [9.17, 15) is 4.79 Å². The van der Waals surface area contributed by atoms with E-state index in [4.69, 9.17) is 4.98 Å². The van der Waals surface area contributed by atoms with Crippen molar-refractivity contribution < 1.29 is 24.9 Å². The minimum absolute atomic E-state index is 0. The summed E-state index contributed by atoms with van der Waals surface area (Å²) in [5.41, 5.74) is 12.3. The fourth-order valence-electron chi connectivity index (χ4n) is 9.44. The second-order valence-corrected chi connectivity index (χ2v) is 21.0. The summed E-state index contributed by atoms with van der Waals surface area (Å²) < 4.78 is 0. The summed E-state index contributed by atoms with van der Waals surface area (Å²) in [4.78, 5) is 21.7. The van der Waals surface area contributed by atoms with Gasteiger partial charge in [0.25, 0.3) is 0 Å². The molecule has 0 bridgehead atoms. The molecule has 1 aliphatic rings. The monoisotopic (exact) mass is 1040 g/mol. The molecule has 3 nitrogen and oxygen atoms in total. The van der Waals surface area contributed by atoms with Gasteiger partial charge in [0, 0.05) is 37.4 Å². The number of carbonyl (C=O) groups excluding carboxylic acids is 1. The van der Waals surface area contributed by atoms with E-state index in [-0.39, 0.29) is 31.3 Å². The fourth-order valence-corrected chi connectivity index (χ4v) is 14.2. The zero-order chi connectivity index (χ0) is 44.4. The first-order valence-corrected chi connectivity index (χ1v) is 24.1. The Morgan fingerprint density at radius 2 is 1.08 bits per heavy atom. The Labute approximate surface area is 402 Å². The van der Waals surface area contributed by atoms with Crippen molar-refractivity contribution in [2.45, 2.75) is 26.2 Å². The molecule has 0 unspecified atom stereocenters. The topological polar surface area (TPSA) is 42.9 Å². The number of aryl methyl sites for hydroxylation is 1. The van der Waals surface area contributed by atoms with E-state index in [0.717, 1.165) is 39.0 Å². The third kappa shape index (κ3) is 8.23. The van der Waals surface area contributed by atoms with Crippen molar-refractivity contribution in [2.24, 2.45) is 0 Å². The Bertz CT molecular complexity index is 3190. The van der Waals surface area contributed by atoms with Crippen molar-refractivity contribution in [3.8, 4) is 33.6 Å². The number of ketones is 1. The summed E-state index contributed by atoms with van der Waals surface area (Å²) in [6.07, 6.45) is 1.62. The van der Waals surface area contributed by atoms with Gasteiger partial charge in [-0.3, -0.25) is 9.78 Å². The van der Waals surface area contributed by atoms with Crippen LogP contribution in [0.3, 0.4) is 0 Å². The standard InChI is InChI=1S/C42H32NSi.C19H14NO.Ir/c1-42(2)38-28-31(41-27-23-30-14-12-13-21-40(30)43-41)22-25-36(38)37-26-24-35(29-39(37)42)44(32-15-6-3-7-16-32,33-17-8-4-9-18-33)34-19-10-5-11-20-34;1-14-7-9-15(10-8-14)18-12-11-17(13-20-18)19(21)16-5-3-2-4-6-16;/h3-21,23-29H,1-2H3;2-9,11-13H,1H3;/q2*-1;. The zero-order valence-electron chi connectivity index (χ0n) is 37.0. The molecule has 10 aromatic rings. The Hall–Kier alpha value is -7.14. The number of nitrogens with zero attached hydrogens (tertiary/aromatic N) is 2. The van der Waals surface area contributed by atoms with Crippen LogP contribution < -0.4 is 20.7 Å². The van der Waals surface area contributed by atoms with Crippen LogP contribution in [-0.2, 0) is 25.5 Å². The number of aromatic nitrogens is 2. The van der Waals surface area contributed by atoms with Gasteiger partial charge >= 0.3 is 0 Å². The zero-order valence-corrected chi connectivity index (χ0v) is 40.4. The SMILES string of the molecule is CC1(C)c2cc(-c3ccc4ccccc4n3)[c-]cc2-c2ccc([Si](c3ccccc3)(c3ccccc3)c3ccccc3)cc21.Cc1c[c-]c(-c2ccc(C(=O)c3ccccc3)cn2)cc1.[Ir]. The van der Waals surface area contributed by atoms with Crippen molar-refractivity contribution >= 4 is 45.5 Å². The molecule has 0 amide bonds. The number of benzene rings is 8. The maximum absolute atomic E-state index is 12.3. The first kappa shape index (κ1) is 44.1. The maximum atomic E-state index is 12.3. The molecule has 1 radical (unpaired) electrons. The number of carbonyl (C=O) groups is 1. The number of pyridine rings is 2. The fraction of sp³-hybridized carbons (Fsp3) is 0.0656. The molecule has 0 spiro atoms. The van der Waals surface area contributed by atoms with E-state index in [1.165, 1.54) is 43.0 Å². The molecule has 0 N–H and O–H groups in total. The van der Waals surface area contributed by atoms with Gasteiger partial charge in [0.1, 0.15) is 0 Å². The van der Waals surface area contributed by atoms with Crippen LogP contribution in [0.4, 0.5) is 0 Å². The van der Waals surface area contributed by atoms with E-state index in [2.05, 4.69) is 183 Å². The van der Waals surface area contributed by atoms with Gasteiger partial charge < -0.3 is 4.98 Å². The van der Waals surface area contributed by atoms with Crippen molar-refractivity contribution in [3.63, 3.8) is 0 Å². The van der Waals surface area contributed by atoms with Crippen LogP contribution in [0.15, 0.2) is 225 Å². The first-order valence-electron chi connectivity index (χ1n) is 22.1. The van der Waals surface area contributed by atoms with Crippen molar-refractivity contribution in [1.29, 1.82) is 0 Å². The first-order chi connectivity index (χ1) is 31.8. The molecule has 0 saturated heterocycles. The summed E-state index contributed by atoms with van der Waals surface area (Å²) in [5.74, 6) is -0.0115. The van der Waals surface area contributed by atoms with Crippen LogP contribution in [-0.4, -0.2) is 23.8 Å². The van der Waals surface area contributed by atoms with Crippen LogP contribution in [0.1, 0.15) is 46.5 Å². The van der Waals surface area contributed by atoms with E-state index in [1.54, 1.807) is 6.20 Å². The molecule has 1 aliphatic carbocycles. The molecule has 0 fully saturated rings. The normalized spacial score (nSPS) is 12.2. The van der Waals surface area contributed by atoms with Gasteiger partial charge in [-0.1, -0.05) is 214 Å². The molecule has 2 aromatic heterocycles. The molecule has 5 heteroatoms. The molecule has 66 heavy (non-hydrogen) atoms.